The lowest BCUT2D eigenvalue weighted by molar-refractivity contribution is -0.125. The second kappa shape index (κ2) is 5.95. The van der Waals surface area contributed by atoms with Gasteiger partial charge in [0.1, 0.15) is 0 Å². The summed E-state index contributed by atoms with van der Waals surface area (Å²) in [6.45, 7) is 1.67. The van der Waals surface area contributed by atoms with Crippen LogP contribution in [-0.4, -0.2) is 30.9 Å². The second-order valence-electron chi connectivity index (χ2n) is 4.91. The molecule has 0 aromatic heterocycles. The number of carbonyl (C=O) groups excluding carboxylic acids is 2. The van der Waals surface area contributed by atoms with Gasteiger partial charge in [0.15, 0.2) is 0 Å². The molecule has 112 valence electrons. The maximum Gasteiger partial charge on any atom is 0.319 e. The molecule has 0 spiro atoms. The normalized spacial score (nSPS) is 18.1. The lowest BCUT2D eigenvalue weighted by atomic mass is 9.94. The molecule has 1 aliphatic rings. The molecule has 1 aliphatic heterocycles. The third-order valence-corrected chi connectivity index (χ3v) is 3.85. The van der Waals surface area contributed by atoms with Crippen LogP contribution in [0.2, 0.25) is 10.0 Å². The molecule has 0 aliphatic carbocycles. The Balaban J connectivity index is 2.61. The number of halogens is 2. The molecule has 3 amide bonds. The van der Waals surface area contributed by atoms with Gasteiger partial charge in [-0.05, 0) is 19.1 Å². The van der Waals surface area contributed by atoms with E-state index in [-0.39, 0.29) is 5.91 Å². The number of likely N-dealkylation sites (N-methyl/N-ethyl adjacent to an activating group) is 1. The molecule has 0 radical (unpaired) electrons. The van der Waals surface area contributed by atoms with E-state index in [2.05, 4.69) is 10.6 Å². The van der Waals surface area contributed by atoms with Gasteiger partial charge in [0.25, 0.3) is 5.91 Å². The molecular weight excluding hydrogens is 313 g/mol. The summed E-state index contributed by atoms with van der Waals surface area (Å²) >= 11 is 12.4. The van der Waals surface area contributed by atoms with Crippen LogP contribution in [0.25, 0.3) is 0 Å². The monoisotopic (exact) mass is 327 g/mol. The fourth-order valence-corrected chi connectivity index (χ4v) is 2.84. The first kappa shape index (κ1) is 15.7. The summed E-state index contributed by atoms with van der Waals surface area (Å²) in [7, 11) is 3.29. The van der Waals surface area contributed by atoms with Gasteiger partial charge >= 0.3 is 6.03 Å². The van der Waals surface area contributed by atoms with Gasteiger partial charge in [0, 0.05) is 35.4 Å². The van der Waals surface area contributed by atoms with Gasteiger partial charge in [-0.3, -0.25) is 4.79 Å². The van der Waals surface area contributed by atoms with Crippen LogP contribution < -0.4 is 10.6 Å². The third-order valence-electron chi connectivity index (χ3n) is 3.19. The highest BCUT2D eigenvalue weighted by molar-refractivity contribution is 6.36. The van der Waals surface area contributed by atoms with Crippen molar-refractivity contribution in [1.82, 2.24) is 15.5 Å². The van der Waals surface area contributed by atoms with Gasteiger partial charge in [0.05, 0.1) is 11.6 Å². The molecule has 1 aromatic rings. The maximum absolute atomic E-state index is 12.4. The van der Waals surface area contributed by atoms with Crippen molar-refractivity contribution >= 4 is 35.1 Å². The Hall–Kier alpha value is -1.72. The fraction of sp³-hybridized carbons (Fsp3) is 0.286. The van der Waals surface area contributed by atoms with Crippen LogP contribution in [0.1, 0.15) is 18.5 Å². The zero-order chi connectivity index (χ0) is 15.7. The molecule has 2 rings (SSSR count). The van der Waals surface area contributed by atoms with E-state index in [1.54, 1.807) is 39.2 Å². The Morgan fingerprint density at radius 3 is 2.33 bits per heavy atom. The zero-order valence-electron chi connectivity index (χ0n) is 11.8. The Bertz CT molecular complexity index is 621. The molecule has 0 saturated heterocycles. The van der Waals surface area contributed by atoms with Crippen LogP contribution >= 0.6 is 23.2 Å². The quantitative estimate of drug-likeness (QED) is 0.877. The lowest BCUT2D eigenvalue weighted by Gasteiger charge is -2.31. The summed E-state index contributed by atoms with van der Waals surface area (Å²) in [5.41, 5.74) is 1.41. The van der Waals surface area contributed by atoms with E-state index in [9.17, 15) is 9.59 Å². The van der Waals surface area contributed by atoms with Crippen molar-refractivity contribution in [1.29, 1.82) is 0 Å². The first-order chi connectivity index (χ1) is 9.82. The molecule has 2 N–H and O–H groups in total. The van der Waals surface area contributed by atoms with E-state index in [1.165, 1.54) is 4.90 Å². The number of nitrogens with zero attached hydrogens (tertiary/aromatic N) is 1. The Labute approximate surface area is 132 Å². The summed E-state index contributed by atoms with van der Waals surface area (Å²) in [5.74, 6) is -0.221. The number of allylic oxidation sites excluding steroid dienone is 1. The van der Waals surface area contributed by atoms with Crippen molar-refractivity contribution in [3.8, 4) is 0 Å². The predicted molar refractivity (Wildman–Crippen MR) is 82.3 cm³/mol. The minimum Gasteiger partial charge on any atom is -0.345 e. The van der Waals surface area contributed by atoms with Crippen molar-refractivity contribution in [2.45, 2.75) is 13.0 Å². The van der Waals surface area contributed by atoms with Gasteiger partial charge in [-0.15, -0.1) is 0 Å². The van der Waals surface area contributed by atoms with E-state index in [0.29, 0.717) is 26.9 Å². The third kappa shape index (κ3) is 2.99. The van der Waals surface area contributed by atoms with Crippen molar-refractivity contribution in [3.05, 3.63) is 45.1 Å². The number of carbonyl (C=O) groups is 2. The zero-order valence-corrected chi connectivity index (χ0v) is 13.3. The number of hydrogen-bond acceptors (Lipinski definition) is 2. The molecular formula is C14H15Cl2N3O2. The predicted octanol–water partition coefficient (Wildman–Crippen LogP) is 2.71. The number of nitrogens with one attached hydrogen (secondary N) is 2. The molecule has 0 fully saturated rings. The van der Waals surface area contributed by atoms with Crippen molar-refractivity contribution < 1.29 is 9.59 Å². The summed E-state index contributed by atoms with van der Waals surface area (Å²) in [6, 6.07) is 3.97. The first-order valence-corrected chi connectivity index (χ1v) is 7.02. The van der Waals surface area contributed by atoms with Crippen molar-refractivity contribution in [2.24, 2.45) is 0 Å². The summed E-state index contributed by atoms with van der Waals surface area (Å²) in [4.78, 5) is 25.6. The van der Waals surface area contributed by atoms with Crippen LogP contribution in [0.5, 0.6) is 0 Å². The molecule has 1 heterocycles. The minimum atomic E-state index is -0.685. The Kier molecular flexibility index (Phi) is 4.44. The smallest absolute Gasteiger partial charge is 0.319 e. The first-order valence-electron chi connectivity index (χ1n) is 6.26. The number of rotatable bonds is 2. The van der Waals surface area contributed by atoms with Crippen molar-refractivity contribution in [3.63, 3.8) is 0 Å². The second-order valence-corrected chi connectivity index (χ2v) is 5.72. The van der Waals surface area contributed by atoms with E-state index in [4.69, 9.17) is 23.2 Å². The van der Waals surface area contributed by atoms with Gasteiger partial charge in [-0.25, -0.2) is 4.79 Å². The lowest BCUT2D eigenvalue weighted by Crippen LogP contribution is -2.47. The molecule has 0 bridgehead atoms. The maximum atomic E-state index is 12.4. The summed E-state index contributed by atoms with van der Waals surface area (Å²) < 4.78 is 0. The highest BCUT2D eigenvalue weighted by atomic mass is 35.5. The largest absolute Gasteiger partial charge is 0.345 e. The molecule has 1 aromatic carbocycles. The van der Waals surface area contributed by atoms with Gasteiger partial charge in [0.2, 0.25) is 0 Å². The van der Waals surface area contributed by atoms with Crippen LogP contribution in [-0.2, 0) is 4.79 Å². The van der Waals surface area contributed by atoms with Crippen LogP contribution in [0.4, 0.5) is 4.79 Å². The molecule has 21 heavy (non-hydrogen) atoms. The number of benzene rings is 1. The topological polar surface area (TPSA) is 61.4 Å². The van der Waals surface area contributed by atoms with E-state index in [0.717, 1.165) is 0 Å². The standard InChI is InChI=1S/C14H15Cl2N3O2/c1-7-10(13(20)19(2)3)12(18-14(21)17-7)11-8(15)5-4-6-9(11)16/h4-6,12H,1-3H3,(H2,17,18,21)/t12-/m1/s1. The minimum absolute atomic E-state index is 0.221. The average molecular weight is 328 g/mol. The van der Waals surface area contributed by atoms with E-state index >= 15 is 0 Å². The van der Waals surface area contributed by atoms with Crippen LogP contribution in [0.3, 0.4) is 0 Å². The van der Waals surface area contributed by atoms with E-state index in [1.807, 2.05) is 0 Å². The van der Waals surface area contributed by atoms with Crippen LogP contribution in [0, 0.1) is 0 Å². The van der Waals surface area contributed by atoms with Crippen molar-refractivity contribution in [2.75, 3.05) is 14.1 Å². The number of amides is 3. The number of urea groups is 1. The Morgan fingerprint density at radius 1 is 1.24 bits per heavy atom. The average Bonchev–Trinajstić information content (AvgIpc) is 2.37. The molecule has 1 atom stereocenters. The highest BCUT2D eigenvalue weighted by Gasteiger charge is 2.34. The summed E-state index contributed by atoms with van der Waals surface area (Å²) in [6.07, 6.45) is 0. The Morgan fingerprint density at radius 2 is 1.81 bits per heavy atom. The number of hydrogen-bond donors (Lipinski definition) is 2. The van der Waals surface area contributed by atoms with E-state index < -0.39 is 12.1 Å². The van der Waals surface area contributed by atoms with Crippen LogP contribution in [0.15, 0.2) is 29.5 Å². The molecule has 5 nitrogen and oxygen atoms in total. The summed E-state index contributed by atoms with van der Waals surface area (Å²) in [5, 5.41) is 6.10. The van der Waals surface area contributed by atoms with Gasteiger partial charge in [-0.1, -0.05) is 29.3 Å². The van der Waals surface area contributed by atoms with Gasteiger partial charge < -0.3 is 15.5 Å². The van der Waals surface area contributed by atoms with Gasteiger partial charge in [-0.2, -0.15) is 0 Å². The fourth-order valence-electron chi connectivity index (χ4n) is 2.22. The molecule has 0 unspecified atom stereocenters. The SMILES string of the molecule is CC1=C(C(=O)N(C)C)[C@H](c2c(Cl)cccc2Cl)NC(=O)N1. The molecule has 7 heteroatoms. The highest BCUT2D eigenvalue weighted by Crippen LogP contribution is 2.36. The molecule has 0 saturated carbocycles.